The molecule has 1 saturated heterocycles. The van der Waals surface area contributed by atoms with Gasteiger partial charge in [-0.15, -0.1) is 5.10 Å². The van der Waals surface area contributed by atoms with Crippen molar-refractivity contribution in [2.75, 3.05) is 37.7 Å². The Morgan fingerprint density at radius 2 is 2.13 bits per heavy atom. The Morgan fingerprint density at radius 3 is 2.78 bits per heavy atom. The van der Waals surface area contributed by atoms with Crippen LogP contribution in [0.2, 0.25) is 0 Å². The van der Waals surface area contributed by atoms with Gasteiger partial charge < -0.3 is 14.5 Å². The van der Waals surface area contributed by atoms with Crippen LogP contribution in [-0.4, -0.2) is 68.7 Å². The molecule has 2 aromatic rings. The zero-order valence-corrected chi connectivity index (χ0v) is 12.7. The van der Waals surface area contributed by atoms with Crippen LogP contribution in [0, 0.1) is 0 Å². The minimum absolute atomic E-state index is 0.0260. The smallest absolute Gasteiger partial charge is 0.341 e. The third kappa shape index (κ3) is 3.30. The highest BCUT2D eigenvalue weighted by Crippen LogP contribution is 2.15. The van der Waals surface area contributed by atoms with Gasteiger partial charge in [-0.25, -0.2) is 14.9 Å². The lowest BCUT2D eigenvalue weighted by Crippen LogP contribution is -2.49. The van der Waals surface area contributed by atoms with Crippen molar-refractivity contribution in [2.45, 2.75) is 6.92 Å². The molecule has 2 N–H and O–H groups in total. The summed E-state index contributed by atoms with van der Waals surface area (Å²) in [4.78, 5) is 37.8. The first-order valence-corrected chi connectivity index (χ1v) is 7.32. The number of aromatic amines is 2. The predicted octanol–water partition coefficient (Wildman–Crippen LogP) is -0.751. The molecule has 0 bridgehead atoms. The van der Waals surface area contributed by atoms with Gasteiger partial charge in [-0.1, -0.05) is 0 Å². The van der Waals surface area contributed by atoms with E-state index in [9.17, 15) is 9.59 Å². The van der Waals surface area contributed by atoms with Gasteiger partial charge in [-0.3, -0.25) is 9.78 Å². The number of nitrogens with zero attached hydrogens (tertiary/aromatic N) is 5. The number of aromatic nitrogens is 5. The number of rotatable bonds is 4. The maximum atomic E-state index is 12.2. The lowest BCUT2D eigenvalue weighted by molar-refractivity contribution is 0.0734. The molecule has 3 rings (SSSR count). The Morgan fingerprint density at radius 1 is 1.35 bits per heavy atom. The van der Waals surface area contributed by atoms with Crippen LogP contribution < -0.4 is 15.3 Å². The standard InChI is InChI=1S/C13H17N7O3/c1-2-23-9-3-4-14-12(15-9)20-7-5-19(6-8-20)11(21)10-16-13(22)18-17-10/h3-4H,2,5-8H2,1H3,(H2,16,17,18,22). The van der Waals surface area contributed by atoms with Crippen molar-refractivity contribution < 1.29 is 9.53 Å². The third-order valence-electron chi connectivity index (χ3n) is 3.46. The summed E-state index contributed by atoms with van der Waals surface area (Å²) in [6, 6.07) is 1.71. The number of piperazine rings is 1. The first-order valence-electron chi connectivity index (χ1n) is 7.32. The lowest BCUT2D eigenvalue weighted by atomic mass is 10.3. The average Bonchev–Trinajstić information content (AvgIpc) is 3.01. The van der Waals surface area contributed by atoms with E-state index in [4.69, 9.17) is 4.74 Å². The number of nitrogens with one attached hydrogen (secondary N) is 2. The summed E-state index contributed by atoms with van der Waals surface area (Å²) in [5, 5.41) is 5.85. The Hall–Kier alpha value is -2.91. The van der Waals surface area contributed by atoms with Gasteiger partial charge >= 0.3 is 5.69 Å². The summed E-state index contributed by atoms with van der Waals surface area (Å²) in [6.45, 7) is 4.62. The van der Waals surface area contributed by atoms with Gasteiger partial charge in [0.1, 0.15) is 0 Å². The molecule has 0 aromatic carbocycles. The SMILES string of the molecule is CCOc1ccnc(N2CCN(C(=O)c3n[nH]c(=O)[nH]3)CC2)n1. The molecule has 1 amide bonds. The first-order chi connectivity index (χ1) is 11.2. The molecule has 2 aromatic heterocycles. The quantitative estimate of drug-likeness (QED) is 0.760. The van der Waals surface area contributed by atoms with Gasteiger partial charge in [0.25, 0.3) is 5.91 Å². The van der Waals surface area contributed by atoms with E-state index in [1.165, 1.54) is 0 Å². The summed E-state index contributed by atoms with van der Waals surface area (Å²) < 4.78 is 5.37. The number of hydrogen-bond acceptors (Lipinski definition) is 7. The first kappa shape index (κ1) is 15.0. The maximum absolute atomic E-state index is 12.2. The topological polar surface area (TPSA) is 120 Å². The molecule has 0 unspecified atom stereocenters. The molecule has 1 fully saturated rings. The zero-order valence-electron chi connectivity index (χ0n) is 12.7. The summed E-state index contributed by atoms with van der Waals surface area (Å²) in [6.07, 6.45) is 1.65. The maximum Gasteiger partial charge on any atom is 0.341 e. The number of H-pyrrole nitrogens is 2. The highest BCUT2D eigenvalue weighted by molar-refractivity contribution is 5.90. The van der Waals surface area contributed by atoms with Crippen molar-refractivity contribution in [1.29, 1.82) is 0 Å². The van der Waals surface area contributed by atoms with E-state index in [0.29, 0.717) is 44.6 Å². The minimum atomic E-state index is -0.492. The van der Waals surface area contributed by atoms with Crippen molar-refractivity contribution in [2.24, 2.45) is 0 Å². The van der Waals surface area contributed by atoms with E-state index < -0.39 is 5.69 Å². The Bertz CT molecular complexity index is 733. The van der Waals surface area contributed by atoms with Crippen LogP contribution in [0.15, 0.2) is 17.1 Å². The molecule has 1 aliphatic rings. The molecule has 0 radical (unpaired) electrons. The van der Waals surface area contributed by atoms with Gasteiger partial charge in [-0.2, -0.15) is 4.98 Å². The zero-order chi connectivity index (χ0) is 16.2. The lowest BCUT2D eigenvalue weighted by Gasteiger charge is -2.34. The molecule has 0 atom stereocenters. The molecule has 23 heavy (non-hydrogen) atoms. The summed E-state index contributed by atoms with van der Waals surface area (Å²) in [5.41, 5.74) is -0.492. The Balaban J connectivity index is 1.63. The molecule has 0 aliphatic carbocycles. The van der Waals surface area contributed by atoms with Crippen LogP contribution in [0.1, 0.15) is 17.5 Å². The van der Waals surface area contributed by atoms with Crippen LogP contribution >= 0.6 is 0 Å². The Labute approximate surface area is 131 Å². The predicted molar refractivity (Wildman–Crippen MR) is 80.5 cm³/mol. The summed E-state index contributed by atoms with van der Waals surface area (Å²) in [7, 11) is 0. The van der Waals surface area contributed by atoms with Gasteiger partial charge in [-0.05, 0) is 6.92 Å². The number of hydrogen-bond donors (Lipinski definition) is 2. The molecule has 10 nitrogen and oxygen atoms in total. The molecule has 0 saturated carbocycles. The number of anilines is 1. The second kappa shape index (κ2) is 6.46. The number of ether oxygens (including phenoxy) is 1. The molecule has 0 spiro atoms. The van der Waals surface area contributed by atoms with Gasteiger partial charge in [0, 0.05) is 38.4 Å². The number of carbonyl (C=O) groups is 1. The summed E-state index contributed by atoms with van der Waals surface area (Å²) in [5.74, 6) is 0.839. The van der Waals surface area contributed by atoms with Crippen molar-refractivity contribution >= 4 is 11.9 Å². The van der Waals surface area contributed by atoms with E-state index in [1.807, 2.05) is 11.8 Å². The largest absolute Gasteiger partial charge is 0.478 e. The van der Waals surface area contributed by atoms with E-state index in [2.05, 4.69) is 25.1 Å². The van der Waals surface area contributed by atoms with E-state index in [1.54, 1.807) is 17.2 Å². The molecule has 1 aliphatic heterocycles. The normalized spacial score (nSPS) is 14.8. The Kier molecular flexibility index (Phi) is 4.22. The van der Waals surface area contributed by atoms with Crippen LogP contribution in [0.4, 0.5) is 5.95 Å². The van der Waals surface area contributed by atoms with E-state index in [0.717, 1.165) is 0 Å². The molecule has 10 heteroatoms. The second-order valence-corrected chi connectivity index (χ2v) is 4.93. The van der Waals surface area contributed by atoms with Crippen LogP contribution in [0.25, 0.3) is 0 Å². The van der Waals surface area contributed by atoms with Crippen LogP contribution in [0.5, 0.6) is 5.88 Å². The third-order valence-corrected chi connectivity index (χ3v) is 3.46. The van der Waals surface area contributed by atoms with Crippen LogP contribution in [-0.2, 0) is 0 Å². The molecule has 122 valence electrons. The fourth-order valence-electron chi connectivity index (χ4n) is 2.34. The number of carbonyl (C=O) groups excluding carboxylic acids is 1. The average molecular weight is 319 g/mol. The highest BCUT2D eigenvalue weighted by atomic mass is 16.5. The monoisotopic (exact) mass is 319 g/mol. The highest BCUT2D eigenvalue weighted by Gasteiger charge is 2.25. The molecular formula is C13H17N7O3. The molecule has 3 heterocycles. The second-order valence-electron chi connectivity index (χ2n) is 4.93. The minimum Gasteiger partial charge on any atom is -0.478 e. The fourth-order valence-corrected chi connectivity index (χ4v) is 2.34. The number of amides is 1. The van der Waals surface area contributed by atoms with E-state index >= 15 is 0 Å². The van der Waals surface area contributed by atoms with Crippen molar-refractivity contribution in [1.82, 2.24) is 30.0 Å². The molecular weight excluding hydrogens is 302 g/mol. The van der Waals surface area contributed by atoms with Crippen molar-refractivity contribution in [3.8, 4) is 5.88 Å². The van der Waals surface area contributed by atoms with Crippen molar-refractivity contribution in [3.05, 3.63) is 28.6 Å². The van der Waals surface area contributed by atoms with Gasteiger partial charge in [0.2, 0.25) is 17.7 Å². The van der Waals surface area contributed by atoms with Gasteiger partial charge in [0.15, 0.2) is 0 Å². The summed E-state index contributed by atoms with van der Waals surface area (Å²) >= 11 is 0. The van der Waals surface area contributed by atoms with Crippen LogP contribution in [0.3, 0.4) is 0 Å². The fraction of sp³-hybridized carbons (Fsp3) is 0.462. The van der Waals surface area contributed by atoms with E-state index in [-0.39, 0.29) is 11.7 Å². The van der Waals surface area contributed by atoms with Gasteiger partial charge in [0.05, 0.1) is 6.61 Å². The van der Waals surface area contributed by atoms with Crippen molar-refractivity contribution in [3.63, 3.8) is 0 Å².